The molecule has 3 nitrogen and oxygen atoms in total. The maximum Gasteiger partial charge on any atom is 0.175 e. The molecular formula is C15H14O3S2. The van der Waals surface area contributed by atoms with Crippen molar-refractivity contribution < 1.29 is 14.3 Å². The third-order valence-electron chi connectivity index (χ3n) is 2.65. The van der Waals surface area contributed by atoms with Crippen LogP contribution >= 0.6 is 24.0 Å². The molecule has 0 spiro atoms. The molecule has 1 aromatic carbocycles. The summed E-state index contributed by atoms with van der Waals surface area (Å²) in [5.74, 6) is 1.35. The molecule has 1 aliphatic heterocycles. The van der Waals surface area contributed by atoms with Crippen molar-refractivity contribution in [1.82, 2.24) is 0 Å². The van der Waals surface area contributed by atoms with Gasteiger partial charge >= 0.3 is 0 Å². The summed E-state index contributed by atoms with van der Waals surface area (Å²) in [6.45, 7) is 4.02. The number of allylic oxidation sites excluding steroid dienone is 1. The van der Waals surface area contributed by atoms with Crippen LogP contribution in [0.3, 0.4) is 0 Å². The van der Waals surface area contributed by atoms with E-state index in [2.05, 4.69) is 6.58 Å². The largest absolute Gasteiger partial charge is 0.493 e. The summed E-state index contributed by atoms with van der Waals surface area (Å²) < 4.78 is 11.5. The SMILES string of the molecule is C=CCOc1ccc(/C=C2/SC(=S)CC2=O)cc1OC. The van der Waals surface area contributed by atoms with Crippen LogP contribution in [0.2, 0.25) is 0 Å². The van der Waals surface area contributed by atoms with Gasteiger partial charge < -0.3 is 9.47 Å². The normalized spacial score (nSPS) is 16.6. The molecule has 0 aliphatic carbocycles. The molecule has 1 fully saturated rings. The van der Waals surface area contributed by atoms with Crippen LogP contribution in [0.5, 0.6) is 11.5 Å². The first-order valence-corrected chi connectivity index (χ1v) is 7.24. The average Bonchev–Trinajstić information content (AvgIpc) is 2.75. The molecule has 0 N–H and O–H groups in total. The van der Waals surface area contributed by atoms with Crippen molar-refractivity contribution in [3.05, 3.63) is 41.3 Å². The lowest BCUT2D eigenvalue weighted by atomic mass is 10.1. The predicted molar refractivity (Wildman–Crippen MR) is 86.5 cm³/mol. The molecule has 5 heteroatoms. The molecule has 1 heterocycles. The van der Waals surface area contributed by atoms with Crippen LogP contribution in [-0.2, 0) is 4.79 Å². The van der Waals surface area contributed by atoms with Crippen LogP contribution < -0.4 is 9.47 Å². The minimum atomic E-state index is 0.0750. The second-order valence-electron chi connectivity index (χ2n) is 4.09. The minimum absolute atomic E-state index is 0.0750. The summed E-state index contributed by atoms with van der Waals surface area (Å²) in [7, 11) is 1.58. The van der Waals surface area contributed by atoms with Crippen LogP contribution in [0.1, 0.15) is 12.0 Å². The number of hydrogen-bond donors (Lipinski definition) is 0. The first-order chi connectivity index (χ1) is 9.63. The highest BCUT2D eigenvalue weighted by Gasteiger charge is 2.22. The zero-order chi connectivity index (χ0) is 14.5. The van der Waals surface area contributed by atoms with E-state index in [1.54, 1.807) is 13.2 Å². The zero-order valence-corrected chi connectivity index (χ0v) is 12.7. The number of ether oxygens (including phenoxy) is 2. The van der Waals surface area contributed by atoms with Gasteiger partial charge in [-0.15, -0.1) is 0 Å². The fourth-order valence-corrected chi connectivity index (χ4v) is 2.97. The highest BCUT2D eigenvalue weighted by atomic mass is 32.2. The topological polar surface area (TPSA) is 35.5 Å². The van der Waals surface area contributed by atoms with E-state index >= 15 is 0 Å². The number of thioether (sulfide) groups is 1. The van der Waals surface area contributed by atoms with Gasteiger partial charge in [-0.1, -0.05) is 42.7 Å². The Bertz CT molecular complexity index is 591. The van der Waals surface area contributed by atoms with E-state index in [1.165, 1.54) is 11.8 Å². The van der Waals surface area contributed by atoms with Gasteiger partial charge in [0.25, 0.3) is 0 Å². The van der Waals surface area contributed by atoms with E-state index in [1.807, 2.05) is 24.3 Å². The van der Waals surface area contributed by atoms with E-state index in [9.17, 15) is 4.79 Å². The van der Waals surface area contributed by atoms with Gasteiger partial charge in [-0.3, -0.25) is 4.79 Å². The number of ketones is 1. The smallest absolute Gasteiger partial charge is 0.175 e. The lowest BCUT2D eigenvalue weighted by Gasteiger charge is -2.10. The summed E-state index contributed by atoms with van der Waals surface area (Å²) in [6, 6.07) is 5.53. The molecule has 0 aromatic heterocycles. The summed E-state index contributed by atoms with van der Waals surface area (Å²) in [6.07, 6.45) is 3.85. The highest BCUT2D eigenvalue weighted by Crippen LogP contribution is 2.34. The van der Waals surface area contributed by atoms with Crippen LogP contribution in [0.4, 0.5) is 0 Å². The minimum Gasteiger partial charge on any atom is -0.493 e. The number of carbonyl (C=O) groups is 1. The molecule has 0 radical (unpaired) electrons. The van der Waals surface area contributed by atoms with E-state index in [0.29, 0.717) is 29.4 Å². The Morgan fingerprint density at radius 2 is 2.25 bits per heavy atom. The van der Waals surface area contributed by atoms with Gasteiger partial charge in [0.1, 0.15) is 6.61 Å². The van der Waals surface area contributed by atoms with Gasteiger partial charge in [0, 0.05) is 0 Å². The Labute approximate surface area is 127 Å². The molecule has 1 aromatic rings. The highest BCUT2D eigenvalue weighted by molar-refractivity contribution is 8.27. The third-order valence-corrected chi connectivity index (χ3v) is 3.98. The number of Topliss-reactive ketones (excluding diaryl/α,β-unsaturated/α-hetero) is 1. The molecule has 2 rings (SSSR count). The molecule has 0 saturated carbocycles. The Hall–Kier alpha value is -1.59. The second kappa shape index (κ2) is 6.72. The molecule has 104 valence electrons. The Kier molecular flexibility index (Phi) is 4.98. The van der Waals surface area contributed by atoms with Gasteiger partial charge in [0.15, 0.2) is 17.3 Å². The summed E-state index contributed by atoms with van der Waals surface area (Å²) in [5.41, 5.74) is 0.883. The number of benzene rings is 1. The molecule has 0 bridgehead atoms. The predicted octanol–water partition coefficient (Wildman–Crippen LogP) is 3.63. The molecule has 0 atom stereocenters. The van der Waals surface area contributed by atoms with Crippen LogP contribution in [0.25, 0.3) is 6.08 Å². The number of thiocarbonyl (C=S) groups is 1. The second-order valence-corrected chi connectivity index (χ2v) is 5.98. The van der Waals surface area contributed by atoms with Crippen molar-refractivity contribution in [3.8, 4) is 11.5 Å². The first-order valence-electron chi connectivity index (χ1n) is 6.01. The lowest BCUT2D eigenvalue weighted by Crippen LogP contribution is -1.96. The Balaban J connectivity index is 2.25. The quantitative estimate of drug-likeness (QED) is 0.471. The van der Waals surface area contributed by atoms with E-state index in [4.69, 9.17) is 21.7 Å². The Morgan fingerprint density at radius 3 is 2.85 bits per heavy atom. The average molecular weight is 306 g/mol. The van der Waals surface area contributed by atoms with Crippen LogP contribution in [-0.4, -0.2) is 23.7 Å². The van der Waals surface area contributed by atoms with Crippen molar-refractivity contribution in [2.24, 2.45) is 0 Å². The van der Waals surface area contributed by atoms with Crippen molar-refractivity contribution in [1.29, 1.82) is 0 Å². The summed E-state index contributed by atoms with van der Waals surface area (Å²) in [4.78, 5) is 12.4. The van der Waals surface area contributed by atoms with E-state index in [0.717, 1.165) is 9.76 Å². The number of methoxy groups -OCH3 is 1. The standard InChI is InChI=1S/C15H14O3S2/c1-3-6-18-12-5-4-10(7-13(12)17-2)8-14-11(16)9-15(19)20-14/h3-5,7-8H,1,6,9H2,2H3/b14-8+. The van der Waals surface area contributed by atoms with Gasteiger partial charge in [0.2, 0.25) is 0 Å². The van der Waals surface area contributed by atoms with Gasteiger partial charge in [0.05, 0.1) is 22.6 Å². The Morgan fingerprint density at radius 1 is 1.45 bits per heavy atom. The zero-order valence-electron chi connectivity index (χ0n) is 11.0. The molecule has 1 aliphatic rings. The van der Waals surface area contributed by atoms with Crippen molar-refractivity contribution in [2.45, 2.75) is 6.42 Å². The molecule has 0 unspecified atom stereocenters. The first kappa shape index (κ1) is 14.8. The third kappa shape index (κ3) is 3.49. The van der Waals surface area contributed by atoms with Gasteiger partial charge in [-0.05, 0) is 23.8 Å². The van der Waals surface area contributed by atoms with Gasteiger partial charge in [-0.25, -0.2) is 0 Å². The lowest BCUT2D eigenvalue weighted by molar-refractivity contribution is -0.113. The molecule has 1 saturated heterocycles. The molecule has 20 heavy (non-hydrogen) atoms. The number of carbonyl (C=O) groups excluding carboxylic acids is 1. The van der Waals surface area contributed by atoms with Crippen LogP contribution in [0.15, 0.2) is 35.8 Å². The van der Waals surface area contributed by atoms with E-state index in [-0.39, 0.29) is 5.78 Å². The van der Waals surface area contributed by atoms with Gasteiger partial charge in [-0.2, -0.15) is 0 Å². The van der Waals surface area contributed by atoms with Crippen molar-refractivity contribution in [3.63, 3.8) is 0 Å². The number of rotatable bonds is 5. The monoisotopic (exact) mass is 306 g/mol. The fourth-order valence-electron chi connectivity index (χ4n) is 1.74. The fraction of sp³-hybridized carbons (Fsp3) is 0.200. The molecular weight excluding hydrogens is 292 g/mol. The summed E-state index contributed by atoms with van der Waals surface area (Å²) in [5, 5.41) is 0. The maximum absolute atomic E-state index is 11.7. The van der Waals surface area contributed by atoms with Crippen molar-refractivity contribution >= 4 is 40.0 Å². The van der Waals surface area contributed by atoms with E-state index < -0.39 is 0 Å². The molecule has 0 amide bonds. The van der Waals surface area contributed by atoms with Crippen LogP contribution in [0, 0.1) is 0 Å². The summed E-state index contributed by atoms with van der Waals surface area (Å²) >= 11 is 6.41. The van der Waals surface area contributed by atoms with Crippen molar-refractivity contribution in [2.75, 3.05) is 13.7 Å². The maximum atomic E-state index is 11.7. The number of hydrogen-bond acceptors (Lipinski definition) is 5.